The van der Waals surface area contributed by atoms with Gasteiger partial charge in [-0.05, 0) is 12.8 Å². The molecule has 1 aromatic rings. The Kier molecular flexibility index (Phi) is 2.82. The van der Waals surface area contributed by atoms with Crippen LogP contribution in [0.25, 0.3) is 0 Å². The molecule has 6 nitrogen and oxygen atoms in total. The van der Waals surface area contributed by atoms with Gasteiger partial charge in [0.05, 0.1) is 6.10 Å². The highest BCUT2D eigenvalue weighted by Gasteiger charge is 2.19. The van der Waals surface area contributed by atoms with Gasteiger partial charge in [-0.3, -0.25) is 14.3 Å². The van der Waals surface area contributed by atoms with Crippen LogP contribution in [0, 0.1) is 0 Å². The molecule has 0 spiro atoms. The molecule has 0 aromatic carbocycles. The van der Waals surface area contributed by atoms with Gasteiger partial charge >= 0.3 is 5.69 Å². The molecule has 88 valence electrons. The average Bonchev–Trinajstić information content (AvgIpc) is 2.25. The monoisotopic (exact) mass is 225 g/mol. The van der Waals surface area contributed by atoms with Gasteiger partial charge in [0, 0.05) is 26.2 Å². The van der Waals surface area contributed by atoms with E-state index in [0.717, 1.165) is 24.0 Å². The van der Waals surface area contributed by atoms with Crippen molar-refractivity contribution in [2.24, 2.45) is 7.05 Å². The Morgan fingerprint density at radius 3 is 2.88 bits per heavy atom. The summed E-state index contributed by atoms with van der Waals surface area (Å²) in [7, 11) is 1.43. The minimum Gasteiger partial charge on any atom is -0.391 e. The van der Waals surface area contributed by atoms with Crippen LogP contribution < -0.4 is 16.1 Å². The summed E-state index contributed by atoms with van der Waals surface area (Å²) < 4.78 is 1.02. The van der Waals surface area contributed by atoms with Gasteiger partial charge < -0.3 is 10.0 Å². The van der Waals surface area contributed by atoms with Crippen LogP contribution in [0.4, 0.5) is 5.82 Å². The van der Waals surface area contributed by atoms with Crippen molar-refractivity contribution in [3.8, 4) is 0 Å². The number of rotatable bonds is 1. The first-order valence-corrected chi connectivity index (χ1v) is 5.31. The highest BCUT2D eigenvalue weighted by atomic mass is 16.3. The standard InChI is InChI=1S/C10H15N3O3/c1-12-9(15)5-8(11-10(12)16)13-4-2-3-7(14)6-13/h5,7,14H,2-4,6H2,1H3,(H,11,16). The first kappa shape index (κ1) is 10.9. The lowest BCUT2D eigenvalue weighted by Gasteiger charge is -2.31. The fraction of sp³-hybridized carbons (Fsp3) is 0.600. The van der Waals surface area contributed by atoms with E-state index >= 15 is 0 Å². The number of aromatic nitrogens is 2. The summed E-state index contributed by atoms with van der Waals surface area (Å²) in [6, 6.07) is 1.39. The second-order valence-electron chi connectivity index (χ2n) is 4.10. The molecule has 1 fully saturated rings. The highest BCUT2D eigenvalue weighted by molar-refractivity contribution is 5.37. The molecule has 0 aliphatic carbocycles. The average molecular weight is 225 g/mol. The number of H-pyrrole nitrogens is 1. The Labute approximate surface area is 92.1 Å². The molecule has 0 saturated carbocycles. The van der Waals surface area contributed by atoms with Crippen LogP contribution in [0.3, 0.4) is 0 Å². The summed E-state index contributed by atoms with van der Waals surface area (Å²) in [4.78, 5) is 27.3. The van der Waals surface area contributed by atoms with Crippen molar-refractivity contribution in [1.82, 2.24) is 9.55 Å². The molecule has 1 saturated heterocycles. The van der Waals surface area contributed by atoms with Crippen molar-refractivity contribution in [3.63, 3.8) is 0 Å². The summed E-state index contributed by atoms with van der Waals surface area (Å²) in [5.74, 6) is 0.492. The van der Waals surface area contributed by atoms with Gasteiger partial charge in [-0.15, -0.1) is 0 Å². The zero-order valence-corrected chi connectivity index (χ0v) is 9.14. The number of aliphatic hydroxyl groups is 1. The van der Waals surface area contributed by atoms with Gasteiger partial charge in [-0.25, -0.2) is 4.79 Å². The molecule has 1 atom stereocenters. The number of nitrogens with zero attached hydrogens (tertiary/aromatic N) is 2. The normalized spacial score (nSPS) is 21.1. The highest BCUT2D eigenvalue weighted by Crippen LogP contribution is 2.15. The molecule has 1 aliphatic rings. The lowest BCUT2D eigenvalue weighted by atomic mass is 10.1. The molecule has 1 unspecified atom stereocenters. The minimum absolute atomic E-state index is 0.334. The summed E-state index contributed by atoms with van der Waals surface area (Å²) in [6.45, 7) is 1.21. The van der Waals surface area contributed by atoms with Crippen LogP contribution >= 0.6 is 0 Å². The predicted octanol–water partition coefficient (Wildman–Crippen LogP) is -0.965. The van der Waals surface area contributed by atoms with Crippen molar-refractivity contribution in [3.05, 3.63) is 26.9 Å². The Bertz CT molecular complexity index is 460. The maximum Gasteiger partial charge on any atom is 0.329 e. The van der Waals surface area contributed by atoms with Gasteiger partial charge in [-0.1, -0.05) is 0 Å². The number of anilines is 1. The molecule has 16 heavy (non-hydrogen) atoms. The van der Waals surface area contributed by atoms with Gasteiger partial charge in [0.15, 0.2) is 0 Å². The largest absolute Gasteiger partial charge is 0.391 e. The van der Waals surface area contributed by atoms with Crippen LogP contribution in [-0.4, -0.2) is 33.9 Å². The second kappa shape index (κ2) is 4.13. The SMILES string of the molecule is Cn1c(=O)cc(N2CCCC(O)C2)[nH]c1=O. The van der Waals surface area contributed by atoms with E-state index in [1.807, 2.05) is 4.90 Å². The van der Waals surface area contributed by atoms with E-state index < -0.39 is 5.69 Å². The molecule has 2 N–H and O–H groups in total. The topological polar surface area (TPSA) is 78.3 Å². The summed E-state index contributed by atoms with van der Waals surface area (Å²) in [6.07, 6.45) is 1.24. The van der Waals surface area contributed by atoms with Crippen LogP contribution in [0.1, 0.15) is 12.8 Å². The molecular weight excluding hydrogens is 210 g/mol. The summed E-state index contributed by atoms with van der Waals surface area (Å²) >= 11 is 0. The van der Waals surface area contributed by atoms with Crippen molar-refractivity contribution in [2.75, 3.05) is 18.0 Å². The van der Waals surface area contributed by atoms with Crippen LogP contribution in [0.2, 0.25) is 0 Å². The van der Waals surface area contributed by atoms with Crippen molar-refractivity contribution >= 4 is 5.82 Å². The quantitative estimate of drug-likeness (QED) is 0.645. The Balaban J connectivity index is 2.34. The number of aliphatic hydroxyl groups excluding tert-OH is 1. The van der Waals surface area contributed by atoms with E-state index in [1.54, 1.807) is 0 Å². The minimum atomic E-state index is -0.428. The Morgan fingerprint density at radius 1 is 1.50 bits per heavy atom. The molecule has 2 rings (SSSR count). The number of piperidine rings is 1. The van der Waals surface area contributed by atoms with Gasteiger partial charge in [0.1, 0.15) is 5.82 Å². The molecule has 0 radical (unpaired) electrons. The summed E-state index contributed by atoms with van der Waals surface area (Å²) in [5.41, 5.74) is -0.763. The van der Waals surface area contributed by atoms with Crippen LogP contribution in [-0.2, 0) is 7.05 Å². The Morgan fingerprint density at radius 2 is 2.25 bits per heavy atom. The van der Waals surface area contributed by atoms with Gasteiger partial charge in [-0.2, -0.15) is 0 Å². The third-order valence-electron chi connectivity index (χ3n) is 2.87. The molecule has 2 heterocycles. The van der Waals surface area contributed by atoms with Crippen LogP contribution in [0.5, 0.6) is 0 Å². The zero-order chi connectivity index (χ0) is 11.7. The lowest BCUT2D eigenvalue weighted by Crippen LogP contribution is -2.42. The Hall–Kier alpha value is -1.56. The van der Waals surface area contributed by atoms with E-state index in [9.17, 15) is 14.7 Å². The molecule has 0 amide bonds. The maximum atomic E-state index is 11.4. The smallest absolute Gasteiger partial charge is 0.329 e. The number of nitrogens with one attached hydrogen (secondary N) is 1. The van der Waals surface area contributed by atoms with Crippen molar-refractivity contribution < 1.29 is 5.11 Å². The first-order valence-electron chi connectivity index (χ1n) is 5.31. The second-order valence-corrected chi connectivity index (χ2v) is 4.10. The summed E-state index contributed by atoms with van der Waals surface area (Å²) in [5, 5.41) is 9.52. The third-order valence-corrected chi connectivity index (χ3v) is 2.87. The van der Waals surface area contributed by atoms with E-state index in [2.05, 4.69) is 4.98 Å². The third kappa shape index (κ3) is 2.01. The van der Waals surface area contributed by atoms with E-state index in [-0.39, 0.29) is 11.7 Å². The number of hydrogen-bond donors (Lipinski definition) is 2. The zero-order valence-electron chi connectivity index (χ0n) is 9.14. The fourth-order valence-corrected chi connectivity index (χ4v) is 1.89. The van der Waals surface area contributed by atoms with Crippen molar-refractivity contribution in [1.29, 1.82) is 0 Å². The number of β-amino-alcohol motifs (C(OH)–C–C–N with tert-alkyl or cyclic N) is 1. The van der Waals surface area contributed by atoms with Crippen molar-refractivity contribution in [2.45, 2.75) is 18.9 Å². The predicted molar refractivity (Wildman–Crippen MR) is 59.8 cm³/mol. The molecular formula is C10H15N3O3. The molecule has 0 bridgehead atoms. The fourth-order valence-electron chi connectivity index (χ4n) is 1.89. The van der Waals surface area contributed by atoms with Gasteiger partial charge in [0.25, 0.3) is 5.56 Å². The van der Waals surface area contributed by atoms with Crippen LogP contribution in [0.15, 0.2) is 15.7 Å². The van der Waals surface area contributed by atoms with E-state index in [1.165, 1.54) is 13.1 Å². The first-order chi connectivity index (χ1) is 7.58. The molecule has 6 heteroatoms. The van der Waals surface area contributed by atoms with E-state index in [4.69, 9.17) is 0 Å². The number of hydrogen-bond acceptors (Lipinski definition) is 4. The maximum absolute atomic E-state index is 11.4. The lowest BCUT2D eigenvalue weighted by molar-refractivity contribution is 0.154. The molecule has 1 aromatic heterocycles. The molecule has 1 aliphatic heterocycles. The van der Waals surface area contributed by atoms with E-state index in [0.29, 0.717) is 12.4 Å². The van der Waals surface area contributed by atoms with Gasteiger partial charge in [0.2, 0.25) is 0 Å². The number of aromatic amines is 1.